The topological polar surface area (TPSA) is 18.5 Å². The van der Waals surface area contributed by atoms with Crippen molar-refractivity contribution in [2.24, 2.45) is 0 Å². The summed E-state index contributed by atoms with van der Waals surface area (Å²) in [5.41, 5.74) is 10.9. The van der Waals surface area contributed by atoms with Crippen molar-refractivity contribution < 1.29 is 9.47 Å². The van der Waals surface area contributed by atoms with Crippen molar-refractivity contribution in [2.45, 2.75) is 0 Å². The Balaban J connectivity index is 1.20. The fourth-order valence-electron chi connectivity index (χ4n) is 8.48. The molecule has 0 bridgehead atoms. The number of methoxy groups -OCH3 is 2. The Bertz CT molecular complexity index is 2910. The Morgan fingerprint density at radius 1 is 0.268 bits per heavy atom. The highest BCUT2D eigenvalue weighted by atomic mass is 16.5. The Hall–Kier alpha value is -7.16. The van der Waals surface area contributed by atoms with E-state index in [-0.39, 0.29) is 0 Å². The van der Waals surface area contributed by atoms with Gasteiger partial charge in [-0.15, -0.1) is 0 Å². The average molecular weight is 719 g/mol. The van der Waals surface area contributed by atoms with Gasteiger partial charge in [-0.1, -0.05) is 158 Å². The van der Waals surface area contributed by atoms with Crippen molar-refractivity contribution in [2.75, 3.05) is 14.2 Å². The van der Waals surface area contributed by atoms with E-state index >= 15 is 0 Å². The van der Waals surface area contributed by atoms with E-state index in [1.807, 2.05) is 0 Å². The second-order valence-electron chi connectivity index (χ2n) is 14.4. The SMILES string of the molecule is COc1c(-c2cccc(-c3ccc4ccccc4c3)c2)cc2ccccc2c1-c1c(OC)c(-c2cccc(-c3ccc4ccccc4c3)c2)cc2ccccc12. The van der Waals surface area contributed by atoms with Crippen LogP contribution in [0.1, 0.15) is 0 Å². The summed E-state index contributed by atoms with van der Waals surface area (Å²) in [6.45, 7) is 0. The Morgan fingerprint density at radius 3 is 1.05 bits per heavy atom. The summed E-state index contributed by atoms with van der Waals surface area (Å²) in [7, 11) is 3.58. The van der Waals surface area contributed by atoms with Gasteiger partial charge in [-0.25, -0.2) is 0 Å². The first-order valence-corrected chi connectivity index (χ1v) is 19.1. The number of rotatable bonds is 7. The maximum absolute atomic E-state index is 6.55. The Morgan fingerprint density at radius 2 is 0.625 bits per heavy atom. The first kappa shape index (κ1) is 33.4. The first-order chi connectivity index (χ1) is 27.7. The standard InChI is InChI=1S/C54H38O2/c1-55-53-49(43-21-11-19-39(31-43)41-27-25-35-13-3-5-15-37(35)29-41)33-45-17-7-9-23-47(45)51(53)52-48-24-10-8-18-46(48)34-50(54(52)56-2)44-22-12-20-40(32-44)42-28-26-36-14-4-6-16-38(36)30-42/h3-34H,1-2H3. The molecule has 0 aromatic heterocycles. The highest BCUT2D eigenvalue weighted by molar-refractivity contribution is 6.14. The predicted octanol–water partition coefficient (Wildman–Crippen LogP) is 14.7. The third-order valence-corrected chi connectivity index (χ3v) is 11.2. The lowest BCUT2D eigenvalue weighted by molar-refractivity contribution is 0.413. The fourth-order valence-corrected chi connectivity index (χ4v) is 8.48. The van der Waals surface area contributed by atoms with E-state index < -0.39 is 0 Å². The second kappa shape index (κ2) is 13.9. The molecule has 0 saturated carbocycles. The minimum absolute atomic E-state index is 0.810. The monoisotopic (exact) mass is 718 g/mol. The molecule has 10 rings (SSSR count). The summed E-state index contributed by atoms with van der Waals surface area (Å²) in [6.07, 6.45) is 0. The smallest absolute Gasteiger partial charge is 0.135 e. The molecule has 0 fully saturated rings. The van der Waals surface area contributed by atoms with Gasteiger partial charge in [0.25, 0.3) is 0 Å². The second-order valence-corrected chi connectivity index (χ2v) is 14.4. The van der Waals surface area contributed by atoms with Crippen LogP contribution in [0.4, 0.5) is 0 Å². The molecule has 10 aromatic carbocycles. The molecule has 0 saturated heterocycles. The molecule has 266 valence electrons. The molecule has 56 heavy (non-hydrogen) atoms. The minimum atomic E-state index is 0.810. The molecule has 0 spiro atoms. The predicted molar refractivity (Wildman–Crippen MR) is 237 cm³/mol. The molecule has 0 aliphatic carbocycles. The molecule has 2 heteroatoms. The van der Waals surface area contributed by atoms with Gasteiger partial charge in [0.05, 0.1) is 14.2 Å². The third-order valence-electron chi connectivity index (χ3n) is 11.2. The lowest BCUT2D eigenvalue weighted by atomic mass is 9.85. The van der Waals surface area contributed by atoms with Gasteiger partial charge < -0.3 is 9.47 Å². The number of fused-ring (bicyclic) bond motifs is 4. The van der Waals surface area contributed by atoms with E-state index in [0.717, 1.165) is 77.6 Å². The number of ether oxygens (including phenoxy) is 2. The van der Waals surface area contributed by atoms with Crippen LogP contribution in [0.3, 0.4) is 0 Å². The van der Waals surface area contributed by atoms with Gasteiger partial charge in [0.2, 0.25) is 0 Å². The average Bonchev–Trinajstić information content (AvgIpc) is 3.27. The van der Waals surface area contributed by atoms with Gasteiger partial charge in [0.15, 0.2) is 0 Å². The maximum atomic E-state index is 6.55. The van der Waals surface area contributed by atoms with E-state index in [0.29, 0.717) is 0 Å². The van der Waals surface area contributed by atoms with Crippen molar-refractivity contribution >= 4 is 43.1 Å². The zero-order chi connectivity index (χ0) is 37.6. The summed E-state index contributed by atoms with van der Waals surface area (Å²) in [6, 6.07) is 69.8. The molecule has 0 unspecified atom stereocenters. The summed E-state index contributed by atoms with van der Waals surface area (Å²) in [4.78, 5) is 0. The number of hydrogen-bond acceptors (Lipinski definition) is 2. The molecular formula is C54H38O2. The van der Waals surface area contributed by atoms with Crippen LogP contribution in [0, 0.1) is 0 Å². The van der Waals surface area contributed by atoms with Crippen LogP contribution in [-0.2, 0) is 0 Å². The largest absolute Gasteiger partial charge is 0.495 e. The van der Waals surface area contributed by atoms with Crippen LogP contribution in [-0.4, -0.2) is 14.2 Å². The highest BCUT2D eigenvalue weighted by Gasteiger charge is 2.25. The molecule has 0 aliphatic heterocycles. The van der Waals surface area contributed by atoms with Crippen LogP contribution >= 0.6 is 0 Å². The van der Waals surface area contributed by atoms with Crippen LogP contribution in [0.25, 0.3) is 98.7 Å². The molecule has 10 aromatic rings. The number of hydrogen-bond donors (Lipinski definition) is 0. The molecule has 0 aliphatic rings. The van der Waals surface area contributed by atoms with Gasteiger partial charge in [0.1, 0.15) is 11.5 Å². The fraction of sp³-hybridized carbons (Fsp3) is 0.0370. The van der Waals surface area contributed by atoms with Crippen molar-refractivity contribution in [3.63, 3.8) is 0 Å². The highest BCUT2D eigenvalue weighted by Crippen LogP contribution is 2.52. The lowest BCUT2D eigenvalue weighted by Gasteiger charge is -2.23. The Labute approximate surface area is 326 Å². The van der Waals surface area contributed by atoms with Gasteiger partial charge in [-0.2, -0.15) is 0 Å². The molecule has 0 N–H and O–H groups in total. The molecule has 0 amide bonds. The van der Waals surface area contributed by atoms with Gasteiger partial charge in [-0.05, 0) is 113 Å². The molecule has 0 heterocycles. The first-order valence-electron chi connectivity index (χ1n) is 19.1. The van der Waals surface area contributed by atoms with Gasteiger partial charge in [0, 0.05) is 22.3 Å². The lowest BCUT2D eigenvalue weighted by Crippen LogP contribution is -1.99. The van der Waals surface area contributed by atoms with Gasteiger partial charge >= 0.3 is 0 Å². The minimum Gasteiger partial charge on any atom is -0.495 e. The summed E-state index contributed by atoms with van der Waals surface area (Å²) < 4.78 is 13.1. The van der Waals surface area contributed by atoms with E-state index in [1.165, 1.54) is 32.7 Å². The zero-order valence-electron chi connectivity index (χ0n) is 31.3. The summed E-state index contributed by atoms with van der Waals surface area (Å²) >= 11 is 0. The van der Waals surface area contributed by atoms with Crippen LogP contribution in [0.2, 0.25) is 0 Å². The molecule has 0 atom stereocenters. The normalized spacial score (nSPS) is 11.4. The van der Waals surface area contributed by atoms with E-state index in [9.17, 15) is 0 Å². The van der Waals surface area contributed by atoms with Crippen LogP contribution < -0.4 is 9.47 Å². The molecule has 0 radical (unpaired) electrons. The van der Waals surface area contributed by atoms with Crippen molar-refractivity contribution in [1.82, 2.24) is 0 Å². The zero-order valence-corrected chi connectivity index (χ0v) is 31.3. The van der Waals surface area contributed by atoms with Crippen LogP contribution in [0.15, 0.2) is 194 Å². The van der Waals surface area contributed by atoms with Crippen molar-refractivity contribution in [3.8, 4) is 67.1 Å². The van der Waals surface area contributed by atoms with Crippen LogP contribution in [0.5, 0.6) is 11.5 Å². The van der Waals surface area contributed by atoms with E-state index in [2.05, 4.69) is 194 Å². The third kappa shape index (κ3) is 5.75. The maximum Gasteiger partial charge on any atom is 0.135 e. The number of benzene rings is 10. The molecule has 2 nitrogen and oxygen atoms in total. The van der Waals surface area contributed by atoms with Gasteiger partial charge in [-0.3, -0.25) is 0 Å². The van der Waals surface area contributed by atoms with E-state index in [1.54, 1.807) is 14.2 Å². The Kier molecular flexibility index (Phi) is 8.30. The summed E-state index contributed by atoms with van der Waals surface area (Å²) in [5, 5.41) is 9.38. The van der Waals surface area contributed by atoms with E-state index in [4.69, 9.17) is 9.47 Å². The van der Waals surface area contributed by atoms with Crippen molar-refractivity contribution in [3.05, 3.63) is 194 Å². The summed E-state index contributed by atoms with van der Waals surface area (Å²) in [5.74, 6) is 1.62. The quantitative estimate of drug-likeness (QED) is 0.163. The van der Waals surface area contributed by atoms with Crippen molar-refractivity contribution in [1.29, 1.82) is 0 Å². The molecular weight excluding hydrogens is 681 g/mol.